The van der Waals surface area contributed by atoms with Gasteiger partial charge in [0.05, 0.1) is 16.8 Å². The third kappa shape index (κ3) is 2.49. The Morgan fingerprint density at radius 3 is 2.32 bits per heavy atom. The van der Waals surface area contributed by atoms with E-state index in [0.29, 0.717) is 0 Å². The Labute approximate surface area is 135 Å². The summed E-state index contributed by atoms with van der Waals surface area (Å²) in [7, 11) is 0. The van der Waals surface area contributed by atoms with Crippen LogP contribution in [0, 0.1) is 0 Å². The Bertz CT molecular complexity index is 1200. The fourth-order valence-corrected chi connectivity index (χ4v) is 2.58. The molecule has 0 radical (unpaired) electrons. The highest BCUT2D eigenvalue weighted by molar-refractivity contribution is 6.05. The molecule has 0 aliphatic heterocycles. The van der Waals surface area contributed by atoms with Crippen molar-refractivity contribution in [2.45, 2.75) is 6.36 Å². The zero-order chi connectivity index (χ0) is 17.9. The van der Waals surface area contributed by atoms with Gasteiger partial charge in [-0.2, -0.15) is 0 Å². The molecule has 6 nitrogen and oxygen atoms in total. The number of hydrogen-bond acceptors (Lipinski definition) is 5. The summed E-state index contributed by atoms with van der Waals surface area (Å²) >= 11 is 0. The van der Waals surface area contributed by atoms with Crippen LogP contribution >= 0.6 is 0 Å². The van der Waals surface area contributed by atoms with Crippen LogP contribution in [-0.4, -0.2) is 21.4 Å². The highest BCUT2D eigenvalue weighted by Crippen LogP contribution is 2.37. The molecule has 128 valence electrons. The summed E-state index contributed by atoms with van der Waals surface area (Å²) in [6.07, 6.45) is -4.98. The van der Waals surface area contributed by atoms with Gasteiger partial charge in [-0.1, -0.05) is 0 Å². The van der Waals surface area contributed by atoms with Gasteiger partial charge in [-0.15, -0.1) is 13.2 Å². The first kappa shape index (κ1) is 15.2. The second-order valence-corrected chi connectivity index (χ2v) is 5.28. The maximum atomic E-state index is 12.4. The minimum absolute atomic E-state index is 0.0600. The molecule has 0 saturated heterocycles. The average Bonchev–Trinajstić information content (AvgIpc) is 2.81. The van der Waals surface area contributed by atoms with Gasteiger partial charge in [-0.25, -0.2) is 0 Å². The minimum Gasteiger partial charge on any atom is -0.508 e. The number of furan rings is 1. The van der Waals surface area contributed by atoms with Crippen molar-refractivity contribution in [1.29, 1.82) is 0 Å². The third-order valence-electron chi connectivity index (χ3n) is 3.57. The van der Waals surface area contributed by atoms with Crippen LogP contribution in [0.15, 0.2) is 39.2 Å². The van der Waals surface area contributed by atoms with Crippen molar-refractivity contribution in [1.82, 2.24) is 0 Å². The Morgan fingerprint density at radius 2 is 1.60 bits per heavy atom. The summed E-state index contributed by atoms with van der Waals surface area (Å²) in [5.74, 6) is -1.32. The number of fused-ring (bicyclic) bond motifs is 4. The van der Waals surface area contributed by atoms with Crippen LogP contribution in [0.2, 0.25) is 0 Å². The molecule has 9 heteroatoms. The molecule has 2 aromatic carbocycles. The van der Waals surface area contributed by atoms with Crippen LogP contribution in [-0.2, 0) is 0 Å². The summed E-state index contributed by atoms with van der Waals surface area (Å²) in [5, 5.41) is 19.7. The predicted molar refractivity (Wildman–Crippen MR) is 78.6 cm³/mol. The molecule has 0 spiro atoms. The molecule has 0 aliphatic carbocycles. The van der Waals surface area contributed by atoms with Crippen molar-refractivity contribution in [3.63, 3.8) is 0 Å². The van der Waals surface area contributed by atoms with Gasteiger partial charge in [0.2, 0.25) is 5.75 Å². The second kappa shape index (κ2) is 4.82. The van der Waals surface area contributed by atoms with Crippen molar-refractivity contribution in [2.24, 2.45) is 0 Å². The predicted octanol–water partition coefficient (Wildman–Crippen LogP) is 3.65. The van der Waals surface area contributed by atoms with Crippen molar-refractivity contribution < 1.29 is 41.8 Å². The zero-order valence-corrected chi connectivity index (χ0v) is 12.1. The molecule has 0 unspecified atom stereocenters. The van der Waals surface area contributed by atoms with E-state index in [9.17, 15) is 28.2 Å². The maximum Gasteiger partial charge on any atom is 0.573 e. The lowest BCUT2D eigenvalue weighted by atomic mass is 10.2. The second-order valence-electron chi connectivity index (χ2n) is 5.28. The first-order chi connectivity index (χ1) is 11.7. The number of ether oxygens (including phenoxy) is 1. The summed E-state index contributed by atoms with van der Waals surface area (Å²) < 4.78 is 52.0. The highest BCUT2D eigenvalue weighted by Gasteiger charge is 2.33. The summed E-state index contributed by atoms with van der Waals surface area (Å²) in [4.78, 5) is 9.68. The lowest BCUT2D eigenvalue weighted by Gasteiger charge is -2.05. The first-order valence-corrected chi connectivity index (χ1v) is 6.85. The molecule has 2 heterocycles. The van der Waals surface area contributed by atoms with E-state index in [1.165, 1.54) is 12.1 Å². The van der Waals surface area contributed by atoms with Crippen LogP contribution < -0.4 is 10.2 Å². The van der Waals surface area contributed by atoms with Crippen molar-refractivity contribution in [3.8, 4) is 17.2 Å². The molecular weight excluding hydrogens is 345 g/mol. The summed E-state index contributed by atoms with van der Waals surface area (Å²) in [6.45, 7) is 0. The van der Waals surface area contributed by atoms with Gasteiger partial charge in [0.1, 0.15) is 22.7 Å². The lowest BCUT2D eigenvalue weighted by Crippen LogP contribution is -2.21. The van der Waals surface area contributed by atoms with Crippen LogP contribution in [0.5, 0.6) is 17.2 Å². The average molecular weight is 353 g/mol. The van der Waals surface area contributed by atoms with Gasteiger partial charge >= 0.3 is 11.8 Å². The van der Waals surface area contributed by atoms with Gasteiger partial charge < -0.3 is 23.8 Å². The van der Waals surface area contributed by atoms with Gasteiger partial charge in [-0.05, 0) is 6.07 Å². The molecule has 2 aromatic heterocycles. The molecule has 0 fully saturated rings. The molecule has 0 bridgehead atoms. The van der Waals surface area contributed by atoms with Crippen LogP contribution in [0.4, 0.5) is 13.2 Å². The Balaban J connectivity index is 2.05. The third-order valence-corrected chi connectivity index (χ3v) is 3.57. The number of phenolic OH excluding ortho intramolecular Hbond substituents is 2. The minimum atomic E-state index is -4.98. The molecule has 0 saturated carbocycles. The topological polar surface area (TPSA) is 97.4 Å². The number of benzene rings is 2. The van der Waals surface area contributed by atoms with Gasteiger partial charge in [0, 0.05) is 18.2 Å². The zero-order valence-electron chi connectivity index (χ0n) is 12.1. The normalized spacial score (nSPS) is 12.3. The van der Waals surface area contributed by atoms with E-state index in [4.69, 9.17) is 8.83 Å². The van der Waals surface area contributed by atoms with Crippen molar-refractivity contribution in [3.05, 3.63) is 35.8 Å². The first-order valence-electron chi connectivity index (χ1n) is 6.85. The molecule has 3 N–H and O–H groups in total. The Kier molecular flexibility index (Phi) is 2.93. The standard InChI is InChI=1S/C16H7F3O6/c17-16(18,19)25-13-4-8-12(5-10(13)22)23-14-3-7-9(21)1-6(20)2-11(7)24-15(8)14/h1-5,20-21H/p+1. The number of rotatable bonds is 1. The van der Waals surface area contributed by atoms with Crippen LogP contribution in [0.25, 0.3) is 33.1 Å². The van der Waals surface area contributed by atoms with Crippen molar-refractivity contribution >= 4 is 33.1 Å². The number of hydrogen-bond donors (Lipinski definition) is 2. The number of phenols is 2. The van der Waals surface area contributed by atoms with E-state index >= 15 is 0 Å². The van der Waals surface area contributed by atoms with Gasteiger partial charge in [0.15, 0.2) is 11.2 Å². The number of aromatic hydroxyl groups is 2. The maximum absolute atomic E-state index is 12.4. The van der Waals surface area contributed by atoms with Gasteiger partial charge in [0.25, 0.3) is 0 Å². The summed E-state index contributed by atoms with van der Waals surface area (Å²) in [5.41, 5.74) is -0.399. The summed E-state index contributed by atoms with van der Waals surface area (Å²) in [6, 6.07) is 5.65. The van der Waals surface area contributed by atoms with E-state index in [2.05, 4.69) is 4.74 Å². The Morgan fingerprint density at radius 1 is 0.880 bits per heavy atom. The van der Waals surface area contributed by atoms with Crippen LogP contribution in [0.1, 0.15) is 0 Å². The smallest absolute Gasteiger partial charge is 0.508 e. The molecule has 0 atom stereocenters. The SMILES string of the molecule is Oc1cc(O)c2cc3oc4cc(=[OH+])c(OC(F)(F)F)cc4c3oc2c1. The van der Waals surface area contributed by atoms with E-state index in [1.807, 2.05) is 0 Å². The number of halogens is 3. The molecule has 4 aromatic rings. The molecule has 25 heavy (non-hydrogen) atoms. The monoisotopic (exact) mass is 353 g/mol. The molecular formula is C16H8F3O6+. The quantitative estimate of drug-likeness (QED) is 0.509. The number of alkyl halides is 3. The Hall–Kier alpha value is -3.36. The van der Waals surface area contributed by atoms with E-state index in [-0.39, 0.29) is 44.6 Å². The van der Waals surface area contributed by atoms with E-state index in [0.717, 1.165) is 18.2 Å². The van der Waals surface area contributed by atoms with Crippen molar-refractivity contribution in [2.75, 3.05) is 0 Å². The molecule has 4 rings (SSSR count). The lowest BCUT2D eigenvalue weighted by molar-refractivity contribution is -0.275. The van der Waals surface area contributed by atoms with E-state index in [1.54, 1.807) is 0 Å². The van der Waals surface area contributed by atoms with Gasteiger partial charge in [-0.3, -0.25) is 4.79 Å². The van der Waals surface area contributed by atoms with E-state index < -0.39 is 17.5 Å². The molecule has 0 aliphatic rings. The highest BCUT2D eigenvalue weighted by atomic mass is 19.4. The molecule has 0 amide bonds. The largest absolute Gasteiger partial charge is 0.573 e. The van der Waals surface area contributed by atoms with Crippen LogP contribution in [0.3, 0.4) is 0 Å². The fraction of sp³-hybridized carbons (Fsp3) is 0.0625. The fourth-order valence-electron chi connectivity index (χ4n) is 2.58.